The SMILES string of the molecule is CCS(=O)(=O)c1cc(-c2ccc(C(F)(F)F)cc2)cnc1-c1nccn1C. The molecule has 0 radical (unpaired) electrons. The lowest BCUT2D eigenvalue weighted by molar-refractivity contribution is -0.137. The molecule has 0 saturated carbocycles. The summed E-state index contributed by atoms with van der Waals surface area (Å²) >= 11 is 0. The number of rotatable bonds is 4. The molecule has 0 aliphatic carbocycles. The highest BCUT2D eigenvalue weighted by molar-refractivity contribution is 7.91. The van der Waals surface area contributed by atoms with Gasteiger partial charge >= 0.3 is 6.18 Å². The number of halogens is 3. The third-order valence-corrected chi connectivity index (χ3v) is 5.89. The molecular weight excluding hydrogens is 379 g/mol. The molecule has 0 amide bonds. The molecule has 1 aromatic carbocycles. The van der Waals surface area contributed by atoms with Crippen LogP contribution >= 0.6 is 0 Å². The van der Waals surface area contributed by atoms with Crippen LogP contribution in [-0.2, 0) is 23.1 Å². The standard InChI is InChI=1S/C18H16F3N3O2S/c1-3-27(25,26)15-10-13(11-23-16(15)17-22-8-9-24(17)2)12-4-6-14(7-5-12)18(19,20)21/h4-11H,3H2,1-2H3. The molecule has 3 rings (SSSR count). The molecule has 0 atom stereocenters. The first-order chi connectivity index (χ1) is 12.6. The first-order valence-corrected chi connectivity index (χ1v) is 9.67. The van der Waals surface area contributed by atoms with E-state index in [1.165, 1.54) is 37.5 Å². The van der Waals surface area contributed by atoms with Crippen molar-refractivity contribution >= 4 is 9.84 Å². The summed E-state index contributed by atoms with van der Waals surface area (Å²) in [5, 5.41) is 0. The van der Waals surface area contributed by atoms with Crippen LogP contribution in [0.25, 0.3) is 22.6 Å². The van der Waals surface area contributed by atoms with E-state index in [1.54, 1.807) is 17.8 Å². The van der Waals surface area contributed by atoms with Crippen molar-refractivity contribution in [3.8, 4) is 22.6 Å². The van der Waals surface area contributed by atoms with Crippen LogP contribution in [0.3, 0.4) is 0 Å². The molecule has 3 aromatic rings. The summed E-state index contributed by atoms with van der Waals surface area (Å²) in [6, 6.07) is 5.93. The fourth-order valence-corrected chi connectivity index (χ4v) is 3.66. The summed E-state index contributed by atoms with van der Waals surface area (Å²) < 4.78 is 65.0. The van der Waals surface area contributed by atoms with Crippen molar-refractivity contribution in [2.75, 3.05) is 5.75 Å². The lowest BCUT2D eigenvalue weighted by Gasteiger charge is -2.12. The Kier molecular flexibility index (Phi) is 4.81. The van der Waals surface area contributed by atoms with Gasteiger partial charge in [0.1, 0.15) is 5.69 Å². The van der Waals surface area contributed by atoms with Crippen LogP contribution < -0.4 is 0 Å². The second kappa shape index (κ2) is 6.80. The Balaban J connectivity index is 2.14. The number of aromatic nitrogens is 3. The number of sulfone groups is 1. The van der Waals surface area contributed by atoms with E-state index in [2.05, 4.69) is 9.97 Å². The second-order valence-corrected chi connectivity index (χ2v) is 8.16. The van der Waals surface area contributed by atoms with E-state index in [9.17, 15) is 21.6 Å². The molecule has 0 N–H and O–H groups in total. The van der Waals surface area contributed by atoms with Gasteiger partial charge < -0.3 is 4.57 Å². The summed E-state index contributed by atoms with van der Waals surface area (Å²) in [6.45, 7) is 1.52. The first kappa shape index (κ1) is 19.1. The van der Waals surface area contributed by atoms with Crippen LogP contribution in [0.1, 0.15) is 12.5 Å². The third kappa shape index (κ3) is 3.73. The summed E-state index contributed by atoms with van der Waals surface area (Å²) in [6.07, 6.45) is 0.198. The average molecular weight is 395 g/mol. The van der Waals surface area contributed by atoms with Gasteiger partial charge in [-0.05, 0) is 23.8 Å². The van der Waals surface area contributed by atoms with Gasteiger partial charge in [0.25, 0.3) is 0 Å². The van der Waals surface area contributed by atoms with Gasteiger partial charge in [0, 0.05) is 31.2 Å². The zero-order valence-corrected chi connectivity index (χ0v) is 15.3. The molecule has 0 aliphatic heterocycles. The van der Waals surface area contributed by atoms with Gasteiger partial charge in [-0.25, -0.2) is 13.4 Å². The Labute approximate surface area is 154 Å². The molecular formula is C18H16F3N3O2S. The lowest BCUT2D eigenvalue weighted by Crippen LogP contribution is -2.09. The second-order valence-electron chi connectivity index (χ2n) is 5.91. The van der Waals surface area contributed by atoms with Crippen LogP contribution in [0.5, 0.6) is 0 Å². The minimum Gasteiger partial charge on any atom is -0.333 e. The van der Waals surface area contributed by atoms with E-state index in [1.807, 2.05) is 0 Å². The van der Waals surface area contributed by atoms with E-state index in [4.69, 9.17) is 0 Å². The number of pyridine rings is 1. The largest absolute Gasteiger partial charge is 0.416 e. The summed E-state index contributed by atoms with van der Waals surface area (Å²) in [5.74, 6) is 0.253. The van der Waals surface area contributed by atoms with Crippen LogP contribution in [0.15, 0.2) is 53.8 Å². The molecule has 0 spiro atoms. The smallest absolute Gasteiger partial charge is 0.333 e. The fraction of sp³-hybridized carbons (Fsp3) is 0.222. The molecule has 9 heteroatoms. The molecule has 0 unspecified atom stereocenters. The van der Waals surface area contributed by atoms with E-state index in [0.29, 0.717) is 17.0 Å². The number of alkyl halides is 3. The molecule has 5 nitrogen and oxygen atoms in total. The highest BCUT2D eigenvalue weighted by Gasteiger charge is 2.30. The number of benzene rings is 1. The van der Waals surface area contributed by atoms with Gasteiger partial charge in [0.2, 0.25) is 0 Å². The van der Waals surface area contributed by atoms with Crippen LogP contribution in [0, 0.1) is 0 Å². The monoisotopic (exact) mass is 395 g/mol. The van der Waals surface area contributed by atoms with Crippen molar-refractivity contribution < 1.29 is 21.6 Å². The van der Waals surface area contributed by atoms with Gasteiger partial charge in [0.15, 0.2) is 15.7 Å². The number of aryl methyl sites for hydroxylation is 1. The maximum Gasteiger partial charge on any atom is 0.416 e. The van der Waals surface area contributed by atoms with Crippen LogP contribution in [0.4, 0.5) is 13.2 Å². The Bertz CT molecular complexity index is 1070. The molecule has 142 valence electrons. The minimum atomic E-state index is -4.43. The van der Waals surface area contributed by atoms with Gasteiger partial charge in [-0.15, -0.1) is 0 Å². The van der Waals surface area contributed by atoms with Crippen molar-refractivity contribution in [2.45, 2.75) is 18.0 Å². The van der Waals surface area contributed by atoms with E-state index in [-0.39, 0.29) is 16.3 Å². The molecule has 0 fully saturated rings. The predicted molar refractivity (Wildman–Crippen MR) is 94.6 cm³/mol. The minimum absolute atomic E-state index is 0.00306. The van der Waals surface area contributed by atoms with Crippen molar-refractivity contribution in [2.24, 2.45) is 7.05 Å². The number of imidazole rings is 1. The van der Waals surface area contributed by atoms with E-state index in [0.717, 1.165) is 12.1 Å². The van der Waals surface area contributed by atoms with Crippen LogP contribution in [-0.4, -0.2) is 28.7 Å². The van der Waals surface area contributed by atoms with Crippen molar-refractivity contribution in [3.63, 3.8) is 0 Å². The van der Waals surface area contributed by atoms with Crippen LogP contribution in [0.2, 0.25) is 0 Å². The summed E-state index contributed by atoms with van der Waals surface area (Å²) in [4.78, 5) is 8.40. The topological polar surface area (TPSA) is 64.8 Å². The first-order valence-electron chi connectivity index (χ1n) is 8.01. The Hall–Kier alpha value is -2.68. The Morgan fingerprint density at radius 3 is 2.26 bits per heavy atom. The fourth-order valence-electron chi connectivity index (χ4n) is 2.61. The zero-order valence-electron chi connectivity index (χ0n) is 14.5. The molecule has 2 heterocycles. The number of nitrogens with zero attached hydrogens (tertiary/aromatic N) is 3. The highest BCUT2D eigenvalue weighted by atomic mass is 32.2. The van der Waals surface area contributed by atoms with Gasteiger partial charge in [-0.1, -0.05) is 19.1 Å². The van der Waals surface area contributed by atoms with Crippen molar-refractivity contribution in [3.05, 3.63) is 54.5 Å². The average Bonchev–Trinajstić information content (AvgIpc) is 3.06. The van der Waals surface area contributed by atoms with Crippen molar-refractivity contribution in [1.82, 2.24) is 14.5 Å². The van der Waals surface area contributed by atoms with Gasteiger partial charge in [-0.3, -0.25) is 4.98 Å². The molecule has 0 bridgehead atoms. The van der Waals surface area contributed by atoms with E-state index >= 15 is 0 Å². The molecule has 27 heavy (non-hydrogen) atoms. The maximum absolute atomic E-state index is 12.7. The Morgan fingerprint density at radius 2 is 1.74 bits per heavy atom. The predicted octanol–water partition coefficient (Wildman–Crippen LogP) is 3.96. The third-order valence-electron chi connectivity index (χ3n) is 4.15. The Morgan fingerprint density at radius 1 is 1.07 bits per heavy atom. The molecule has 0 aliphatic rings. The highest BCUT2D eigenvalue weighted by Crippen LogP contribution is 2.33. The summed E-state index contributed by atoms with van der Waals surface area (Å²) in [7, 11) is -1.91. The van der Waals surface area contributed by atoms with Gasteiger partial charge in [-0.2, -0.15) is 13.2 Å². The normalized spacial score (nSPS) is 12.3. The summed E-state index contributed by atoms with van der Waals surface area (Å²) in [5.41, 5.74) is 0.286. The quantitative estimate of drug-likeness (QED) is 0.671. The molecule has 0 saturated heterocycles. The van der Waals surface area contributed by atoms with E-state index < -0.39 is 21.6 Å². The number of hydrogen-bond acceptors (Lipinski definition) is 4. The lowest BCUT2D eigenvalue weighted by atomic mass is 10.0. The maximum atomic E-state index is 12.7. The molecule has 2 aromatic heterocycles. The van der Waals surface area contributed by atoms with Gasteiger partial charge in [0.05, 0.1) is 16.2 Å². The number of hydrogen-bond donors (Lipinski definition) is 0. The van der Waals surface area contributed by atoms with Crippen molar-refractivity contribution in [1.29, 1.82) is 0 Å². The zero-order chi connectivity index (χ0) is 19.8.